The van der Waals surface area contributed by atoms with E-state index in [0.29, 0.717) is 23.1 Å². The normalized spacial score (nSPS) is 12.3. The lowest BCUT2D eigenvalue weighted by molar-refractivity contribution is 0.623. The molecule has 0 unspecified atom stereocenters. The zero-order chi connectivity index (χ0) is 16.4. The van der Waals surface area contributed by atoms with E-state index in [1.165, 1.54) is 0 Å². The van der Waals surface area contributed by atoms with E-state index in [2.05, 4.69) is 10.3 Å². The number of anilines is 1. The van der Waals surface area contributed by atoms with Crippen LogP contribution in [0.25, 0.3) is 16.6 Å². The third kappa shape index (κ3) is 2.59. The van der Waals surface area contributed by atoms with Crippen molar-refractivity contribution in [2.75, 3.05) is 12.4 Å². The van der Waals surface area contributed by atoms with Crippen molar-refractivity contribution in [3.63, 3.8) is 0 Å². The molecule has 3 rings (SSSR count). The molecule has 0 fully saturated rings. The SMILES string of the molecule is CC[C@H](N)c1nc2cccc(NC)c2c(=O)n1-c1ccccc1. The van der Waals surface area contributed by atoms with Crippen molar-refractivity contribution in [1.82, 2.24) is 9.55 Å². The Hall–Kier alpha value is -2.66. The molecule has 0 spiro atoms. The van der Waals surface area contributed by atoms with Gasteiger partial charge in [-0.3, -0.25) is 9.36 Å². The first kappa shape index (κ1) is 15.2. The monoisotopic (exact) mass is 308 g/mol. The van der Waals surface area contributed by atoms with Gasteiger partial charge in [-0.15, -0.1) is 0 Å². The molecule has 5 nitrogen and oxygen atoms in total. The Morgan fingerprint density at radius 3 is 2.57 bits per heavy atom. The van der Waals surface area contributed by atoms with Crippen molar-refractivity contribution in [3.05, 3.63) is 64.7 Å². The summed E-state index contributed by atoms with van der Waals surface area (Å²) >= 11 is 0. The number of para-hydroxylation sites is 1. The van der Waals surface area contributed by atoms with Gasteiger partial charge in [-0.1, -0.05) is 31.2 Å². The predicted octanol–water partition coefficient (Wildman–Crippen LogP) is 2.84. The Balaban J connectivity index is 2.44. The molecule has 0 amide bonds. The summed E-state index contributed by atoms with van der Waals surface area (Å²) in [5, 5.41) is 3.64. The second-order valence-electron chi connectivity index (χ2n) is 5.41. The molecule has 1 aromatic heterocycles. The molecule has 3 N–H and O–H groups in total. The summed E-state index contributed by atoms with van der Waals surface area (Å²) in [7, 11) is 1.80. The van der Waals surface area contributed by atoms with Crippen LogP contribution >= 0.6 is 0 Å². The predicted molar refractivity (Wildman–Crippen MR) is 94.1 cm³/mol. The molecule has 0 saturated heterocycles. The fourth-order valence-corrected chi connectivity index (χ4v) is 2.71. The summed E-state index contributed by atoms with van der Waals surface area (Å²) in [5.74, 6) is 0.587. The molecule has 0 saturated carbocycles. The lowest BCUT2D eigenvalue weighted by Gasteiger charge is -2.18. The molecule has 0 aliphatic rings. The smallest absolute Gasteiger partial charge is 0.268 e. The van der Waals surface area contributed by atoms with Gasteiger partial charge in [0.25, 0.3) is 5.56 Å². The third-order valence-corrected chi connectivity index (χ3v) is 3.98. The number of benzene rings is 2. The van der Waals surface area contributed by atoms with Crippen molar-refractivity contribution >= 4 is 16.6 Å². The fourth-order valence-electron chi connectivity index (χ4n) is 2.71. The maximum absolute atomic E-state index is 13.2. The van der Waals surface area contributed by atoms with E-state index in [-0.39, 0.29) is 11.6 Å². The molecular weight excluding hydrogens is 288 g/mol. The lowest BCUT2D eigenvalue weighted by Crippen LogP contribution is -2.28. The summed E-state index contributed by atoms with van der Waals surface area (Å²) in [6, 6.07) is 14.8. The molecule has 0 bridgehead atoms. The Bertz CT molecular complexity index is 887. The van der Waals surface area contributed by atoms with Crippen LogP contribution in [0.15, 0.2) is 53.3 Å². The number of nitrogens with one attached hydrogen (secondary N) is 1. The van der Waals surface area contributed by atoms with Crippen LogP contribution in [-0.2, 0) is 0 Å². The van der Waals surface area contributed by atoms with Gasteiger partial charge in [0.15, 0.2) is 0 Å². The van der Waals surface area contributed by atoms with Crippen molar-refractivity contribution in [2.24, 2.45) is 5.73 Å². The van der Waals surface area contributed by atoms with Gasteiger partial charge in [0.1, 0.15) is 5.82 Å². The van der Waals surface area contributed by atoms with E-state index in [1.807, 2.05) is 55.5 Å². The summed E-state index contributed by atoms with van der Waals surface area (Å²) in [4.78, 5) is 17.9. The Kier molecular flexibility index (Phi) is 4.12. The number of nitrogens with two attached hydrogens (primary N) is 1. The van der Waals surface area contributed by atoms with Gasteiger partial charge in [-0.05, 0) is 30.7 Å². The van der Waals surface area contributed by atoms with Gasteiger partial charge in [0, 0.05) is 12.7 Å². The first-order valence-corrected chi connectivity index (χ1v) is 7.71. The molecule has 5 heteroatoms. The average Bonchev–Trinajstić information content (AvgIpc) is 2.60. The number of fused-ring (bicyclic) bond motifs is 1. The zero-order valence-electron chi connectivity index (χ0n) is 13.3. The van der Waals surface area contributed by atoms with Crippen LogP contribution in [0.3, 0.4) is 0 Å². The topological polar surface area (TPSA) is 72.9 Å². The van der Waals surface area contributed by atoms with Crippen LogP contribution in [0.4, 0.5) is 5.69 Å². The maximum Gasteiger partial charge on any atom is 0.268 e. The molecule has 0 radical (unpaired) electrons. The highest BCUT2D eigenvalue weighted by molar-refractivity contribution is 5.90. The molecule has 23 heavy (non-hydrogen) atoms. The Labute approximate surface area is 134 Å². The quantitative estimate of drug-likeness (QED) is 0.777. The standard InChI is InChI=1S/C18H20N4O/c1-3-13(19)17-21-15-11-7-10-14(20-2)16(15)18(23)22(17)12-8-5-4-6-9-12/h4-11,13,20H,3,19H2,1-2H3/t13-/m0/s1. The Morgan fingerprint density at radius 2 is 1.91 bits per heavy atom. The molecule has 2 aromatic carbocycles. The number of rotatable bonds is 4. The average molecular weight is 308 g/mol. The summed E-state index contributed by atoms with van der Waals surface area (Å²) in [6.07, 6.45) is 0.705. The van der Waals surface area contributed by atoms with Crippen molar-refractivity contribution in [2.45, 2.75) is 19.4 Å². The second-order valence-corrected chi connectivity index (χ2v) is 5.41. The van der Waals surface area contributed by atoms with Crippen LogP contribution < -0.4 is 16.6 Å². The van der Waals surface area contributed by atoms with Crippen LogP contribution in [0, 0.1) is 0 Å². The molecule has 1 atom stereocenters. The van der Waals surface area contributed by atoms with E-state index in [1.54, 1.807) is 11.6 Å². The minimum Gasteiger partial charge on any atom is -0.387 e. The molecular formula is C18H20N4O. The molecule has 1 heterocycles. The number of aromatic nitrogens is 2. The van der Waals surface area contributed by atoms with Gasteiger partial charge >= 0.3 is 0 Å². The van der Waals surface area contributed by atoms with Crippen LogP contribution in [-0.4, -0.2) is 16.6 Å². The van der Waals surface area contributed by atoms with Crippen molar-refractivity contribution in [1.29, 1.82) is 0 Å². The number of hydrogen-bond donors (Lipinski definition) is 2. The van der Waals surface area contributed by atoms with Gasteiger partial charge < -0.3 is 11.1 Å². The maximum atomic E-state index is 13.2. The van der Waals surface area contributed by atoms with E-state index in [0.717, 1.165) is 11.4 Å². The molecule has 0 aliphatic heterocycles. The highest BCUT2D eigenvalue weighted by atomic mass is 16.1. The molecule has 3 aromatic rings. The summed E-state index contributed by atoms with van der Waals surface area (Å²) in [5.41, 5.74) is 8.32. The number of hydrogen-bond acceptors (Lipinski definition) is 4. The third-order valence-electron chi connectivity index (χ3n) is 3.98. The van der Waals surface area contributed by atoms with E-state index >= 15 is 0 Å². The zero-order valence-corrected chi connectivity index (χ0v) is 13.3. The van der Waals surface area contributed by atoms with Gasteiger partial charge in [0.2, 0.25) is 0 Å². The van der Waals surface area contributed by atoms with Gasteiger partial charge in [-0.25, -0.2) is 4.98 Å². The van der Waals surface area contributed by atoms with Crippen LogP contribution in [0.2, 0.25) is 0 Å². The lowest BCUT2D eigenvalue weighted by atomic mass is 10.1. The molecule has 118 valence electrons. The first-order valence-electron chi connectivity index (χ1n) is 7.71. The first-order chi connectivity index (χ1) is 11.2. The van der Waals surface area contributed by atoms with Gasteiger partial charge in [0.05, 0.1) is 22.6 Å². The van der Waals surface area contributed by atoms with Crippen LogP contribution in [0.5, 0.6) is 0 Å². The highest BCUT2D eigenvalue weighted by Gasteiger charge is 2.18. The second kappa shape index (κ2) is 6.22. The summed E-state index contributed by atoms with van der Waals surface area (Å²) in [6.45, 7) is 1.99. The summed E-state index contributed by atoms with van der Waals surface area (Å²) < 4.78 is 1.62. The fraction of sp³-hybridized carbons (Fsp3) is 0.222. The van der Waals surface area contributed by atoms with Crippen molar-refractivity contribution < 1.29 is 0 Å². The van der Waals surface area contributed by atoms with E-state index < -0.39 is 0 Å². The largest absolute Gasteiger partial charge is 0.387 e. The molecule has 0 aliphatic carbocycles. The minimum atomic E-state index is -0.300. The highest BCUT2D eigenvalue weighted by Crippen LogP contribution is 2.22. The van der Waals surface area contributed by atoms with E-state index in [4.69, 9.17) is 5.73 Å². The van der Waals surface area contributed by atoms with Gasteiger partial charge in [-0.2, -0.15) is 0 Å². The number of nitrogens with zero attached hydrogens (tertiary/aromatic N) is 2. The van der Waals surface area contributed by atoms with E-state index in [9.17, 15) is 4.79 Å². The minimum absolute atomic E-state index is 0.106. The Morgan fingerprint density at radius 1 is 1.17 bits per heavy atom. The van der Waals surface area contributed by atoms with Crippen LogP contribution in [0.1, 0.15) is 25.2 Å². The van der Waals surface area contributed by atoms with Crippen molar-refractivity contribution in [3.8, 4) is 5.69 Å².